The van der Waals surface area contributed by atoms with Crippen LogP contribution in [0, 0.1) is 0 Å². The first-order valence-corrected chi connectivity index (χ1v) is 6.69. The lowest BCUT2D eigenvalue weighted by Crippen LogP contribution is -1.87. The van der Waals surface area contributed by atoms with Crippen LogP contribution in [0.15, 0.2) is 43.0 Å². The van der Waals surface area contributed by atoms with Crippen molar-refractivity contribution in [3.63, 3.8) is 0 Å². The van der Waals surface area contributed by atoms with Gasteiger partial charge in [-0.3, -0.25) is 0 Å². The molecule has 2 nitrogen and oxygen atoms in total. The Balaban J connectivity index is 0.00000220. The fraction of sp³-hybridized carbons (Fsp3) is 0.167. The smallest absolute Gasteiger partial charge is 0.139 e. The van der Waals surface area contributed by atoms with Crippen LogP contribution in [-0.2, 0) is 0 Å². The molecule has 1 N–H and O–H groups in total. The molecule has 20 heavy (non-hydrogen) atoms. The molecule has 0 bridgehead atoms. The molecule has 0 atom stereocenters. The van der Waals surface area contributed by atoms with E-state index in [-0.39, 0.29) is 1.43 Å². The third-order valence-electron chi connectivity index (χ3n) is 3.13. The van der Waals surface area contributed by atoms with Crippen molar-refractivity contribution < 1.29 is 1.43 Å². The minimum atomic E-state index is 0. The summed E-state index contributed by atoms with van der Waals surface area (Å²) in [5.41, 5.74) is 6.13. The third kappa shape index (κ3) is 2.64. The molecule has 0 aliphatic heterocycles. The zero-order valence-electron chi connectivity index (χ0n) is 12.3. The number of rotatable bonds is 4. The summed E-state index contributed by atoms with van der Waals surface area (Å²) in [5.74, 6) is 0. The van der Waals surface area contributed by atoms with Gasteiger partial charge in [0.15, 0.2) is 0 Å². The average Bonchev–Trinajstić information content (AvgIpc) is 2.74. The van der Waals surface area contributed by atoms with E-state index in [1.54, 1.807) is 0 Å². The summed E-state index contributed by atoms with van der Waals surface area (Å²) in [6, 6.07) is 4.13. The van der Waals surface area contributed by atoms with Crippen molar-refractivity contribution in [2.45, 2.75) is 20.8 Å². The van der Waals surface area contributed by atoms with E-state index < -0.39 is 0 Å². The van der Waals surface area contributed by atoms with Crippen LogP contribution in [0.4, 0.5) is 0 Å². The van der Waals surface area contributed by atoms with Gasteiger partial charge < -0.3 is 4.98 Å². The Morgan fingerprint density at radius 2 is 2.10 bits per heavy atom. The lowest BCUT2D eigenvalue weighted by atomic mass is 10.1. The van der Waals surface area contributed by atoms with Crippen LogP contribution in [0.3, 0.4) is 0 Å². The molecule has 0 spiro atoms. The predicted molar refractivity (Wildman–Crippen MR) is 91.5 cm³/mol. The summed E-state index contributed by atoms with van der Waals surface area (Å²) < 4.78 is 0. The highest BCUT2D eigenvalue weighted by Gasteiger charge is 2.09. The predicted octanol–water partition coefficient (Wildman–Crippen LogP) is 5.46. The quantitative estimate of drug-likeness (QED) is 0.731. The maximum atomic E-state index is 4.69. The molecule has 0 radical (unpaired) electrons. The number of nitrogens with one attached hydrogen (secondary N) is 1. The zero-order chi connectivity index (χ0) is 14.7. The third-order valence-corrected chi connectivity index (χ3v) is 3.13. The van der Waals surface area contributed by atoms with E-state index in [0.717, 1.165) is 39.1 Å². The van der Waals surface area contributed by atoms with Gasteiger partial charge in [-0.25, -0.2) is 4.98 Å². The average molecular weight is 266 g/mol. The van der Waals surface area contributed by atoms with Crippen molar-refractivity contribution in [1.29, 1.82) is 0 Å². The molecule has 104 valence electrons. The Bertz CT molecular complexity index is 733. The summed E-state index contributed by atoms with van der Waals surface area (Å²) in [5, 5.41) is 1.10. The topological polar surface area (TPSA) is 28.7 Å². The number of allylic oxidation sites excluding steroid dienone is 4. The maximum absolute atomic E-state index is 4.69. The van der Waals surface area contributed by atoms with Crippen LogP contribution >= 0.6 is 0 Å². The van der Waals surface area contributed by atoms with Crippen LogP contribution in [0.2, 0.25) is 0 Å². The highest BCUT2D eigenvalue weighted by Crippen LogP contribution is 2.25. The van der Waals surface area contributed by atoms with E-state index >= 15 is 0 Å². The number of aromatic amines is 1. The largest absolute Gasteiger partial charge is 0.339 e. The number of pyridine rings is 1. The Morgan fingerprint density at radius 3 is 2.70 bits per heavy atom. The Morgan fingerprint density at radius 1 is 1.35 bits per heavy atom. The highest BCUT2D eigenvalue weighted by atomic mass is 14.9. The van der Waals surface area contributed by atoms with Crippen molar-refractivity contribution in [2.75, 3.05) is 0 Å². The van der Waals surface area contributed by atoms with E-state index in [4.69, 9.17) is 4.98 Å². The molecule has 0 aromatic carbocycles. The molecule has 2 aromatic rings. The van der Waals surface area contributed by atoms with Crippen LogP contribution < -0.4 is 0 Å². The summed E-state index contributed by atoms with van der Waals surface area (Å²) in [7, 11) is 0. The number of nitrogens with zero attached hydrogens (tertiary/aromatic N) is 1. The second kappa shape index (κ2) is 5.74. The first-order chi connectivity index (χ1) is 9.56. The van der Waals surface area contributed by atoms with Crippen molar-refractivity contribution >= 4 is 28.8 Å². The number of hydrogen-bond acceptors (Lipinski definition) is 1. The van der Waals surface area contributed by atoms with Crippen molar-refractivity contribution in [2.24, 2.45) is 0 Å². The normalized spacial score (nSPS) is 12.2. The maximum Gasteiger partial charge on any atom is 0.139 e. The fourth-order valence-electron chi connectivity index (χ4n) is 2.29. The molecule has 0 saturated heterocycles. The highest BCUT2D eigenvalue weighted by molar-refractivity contribution is 5.91. The number of aromatic nitrogens is 2. The summed E-state index contributed by atoms with van der Waals surface area (Å²) in [6.07, 6.45) is 7.95. The molecule has 0 saturated carbocycles. The molecule has 0 amide bonds. The summed E-state index contributed by atoms with van der Waals surface area (Å²) in [6.45, 7) is 13.8. The molecular formula is C18H22N2. The molecule has 0 aliphatic rings. The lowest BCUT2D eigenvalue weighted by Gasteiger charge is -2.01. The monoisotopic (exact) mass is 266 g/mol. The van der Waals surface area contributed by atoms with Crippen molar-refractivity contribution in [3.05, 3.63) is 60.0 Å². The number of fused-ring (bicyclic) bond motifs is 1. The number of H-pyrrole nitrogens is 1. The van der Waals surface area contributed by atoms with E-state index in [0.29, 0.717) is 0 Å². The van der Waals surface area contributed by atoms with E-state index in [1.807, 2.05) is 51.1 Å². The summed E-state index contributed by atoms with van der Waals surface area (Å²) >= 11 is 0. The van der Waals surface area contributed by atoms with E-state index in [1.165, 1.54) is 0 Å². The second-order valence-electron chi connectivity index (χ2n) is 4.92. The van der Waals surface area contributed by atoms with Gasteiger partial charge >= 0.3 is 0 Å². The Kier molecular flexibility index (Phi) is 4.04. The molecular weight excluding hydrogens is 244 g/mol. The van der Waals surface area contributed by atoms with Gasteiger partial charge in [-0.15, -0.1) is 0 Å². The van der Waals surface area contributed by atoms with Crippen LogP contribution in [0.25, 0.3) is 28.8 Å². The molecule has 0 fully saturated rings. The van der Waals surface area contributed by atoms with E-state index in [9.17, 15) is 0 Å². The van der Waals surface area contributed by atoms with Crippen LogP contribution in [0.5, 0.6) is 0 Å². The van der Waals surface area contributed by atoms with Gasteiger partial charge in [-0.05, 0) is 44.6 Å². The van der Waals surface area contributed by atoms with Gasteiger partial charge in [0.2, 0.25) is 0 Å². The van der Waals surface area contributed by atoms with Crippen LogP contribution in [-0.4, -0.2) is 9.97 Å². The minimum absolute atomic E-state index is 0. The van der Waals surface area contributed by atoms with Gasteiger partial charge in [-0.2, -0.15) is 0 Å². The number of hydrogen-bond donors (Lipinski definition) is 1. The molecule has 0 unspecified atom stereocenters. The lowest BCUT2D eigenvalue weighted by molar-refractivity contribution is 1.27. The molecule has 0 aliphatic carbocycles. The van der Waals surface area contributed by atoms with Gasteiger partial charge in [0.25, 0.3) is 0 Å². The summed E-state index contributed by atoms with van der Waals surface area (Å²) in [4.78, 5) is 8.04. The second-order valence-corrected chi connectivity index (χ2v) is 4.92. The van der Waals surface area contributed by atoms with Gasteiger partial charge in [-0.1, -0.05) is 37.0 Å². The van der Waals surface area contributed by atoms with Gasteiger partial charge in [0.05, 0.1) is 5.69 Å². The molecule has 2 heterocycles. The van der Waals surface area contributed by atoms with Crippen molar-refractivity contribution in [3.8, 4) is 0 Å². The first-order valence-electron chi connectivity index (χ1n) is 6.69. The SMILES string of the molecule is C=Cc1c(/C=C\C)[nH]c2nc(/C(C)=C/C(=C)C)ccc12.[HH]. The van der Waals surface area contributed by atoms with Gasteiger partial charge in [0.1, 0.15) is 5.65 Å². The first kappa shape index (κ1) is 14.1. The van der Waals surface area contributed by atoms with Crippen LogP contribution in [0.1, 0.15) is 39.1 Å². The zero-order valence-corrected chi connectivity index (χ0v) is 12.3. The van der Waals surface area contributed by atoms with Gasteiger partial charge in [0, 0.05) is 18.1 Å². The molecule has 2 heteroatoms. The molecule has 2 aromatic heterocycles. The minimum Gasteiger partial charge on any atom is -0.339 e. The van der Waals surface area contributed by atoms with E-state index in [2.05, 4.69) is 24.2 Å². The Labute approximate surface area is 121 Å². The molecule has 2 rings (SSSR count). The fourth-order valence-corrected chi connectivity index (χ4v) is 2.29. The standard InChI is InChI=1S/C18H20N2.H2/c1-6-8-17-14(7-2)15-9-10-16(19-18(15)20-17)13(5)11-12(3)4;/h6-11H,2-3H2,1,4-5H3,(H,19,20);1H/b8-6-,13-11+;. The Hall–Kier alpha value is -2.35. The van der Waals surface area contributed by atoms with Crippen molar-refractivity contribution in [1.82, 2.24) is 9.97 Å².